The van der Waals surface area contributed by atoms with Crippen LogP contribution in [0.15, 0.2) is 48.5 Å². The van der Waals surface area contributed by atoms with Crippen molar-refractivity contribution in [2.45, 2.75) is 0 Å². The Hall–Kier alpha value is -2.53. The fourth-order valence-electron chi connectivity index (χ4n) is 1.72. The first-order valence-corrected chi connectivity index (χ1v) is 6.04. The van der Waals surface area contributed by atoms with Crippen LogP contribution in [0.4, 0.5) is 4.79 Å². The number of aliphatic hydroxyl groups is 1. The summed E-state index contributed by atoms with van der Waals surface area (Å²) in [6.45, 7) is 0.243. The highest BCUT2D eigenvalue weighted by Gasteiger charge is 2.02. The monoisotopic (exact) mass is 274 g/mol. The molecule has 0 saturated heterocycles. The maximum atomic E-state index is 10.4. The van der Waals surface area contributed by atoms with Crippen LogP contribution in [0.25, 0.3) is 11.1 Å². The molecule has 0 heterocycles. The second-order valence-corrected chi connectivity index (χ2v) is 3.99. The smallest absolute Gasteiger partial charge is 0.491 e. The van der Waals surface area contributed by atoms with Gasteiger partial charge in [-0.1, -0.05) is 24.3 Å². The molecule has 0 radical (unpaired) electrons. The molecular weight excluding hydrogens is 260 g/mol. The summed E-state index contributed by atoms with van der Waals surface area (Å²) in [5, 5.41) is 17.2. The topological polar surface area (TPSA) is 76.0 Å². The van der Waals surface area contributed by atoms with E-state index in [0.717, 1.165) is 11.1 Å². The fraction of sp³-hybridized carbons (Fsp3) is 0.133. The number of hydrogen-bond donors (Lipinski definition) is 2. The number of carbonyl (C=O) groups is 1. The highest BCUT2D eigenvalue weighted by molar-refractivity contribution is 5.66. The van der Waals surface area contributed by atoms with Crippen LogP contribution in [0.5, 0.6) is 11.5 Å². The van der Waals surface area contributed by atoms with Crippen LogP contribution in [0.2, 0.25) is 0 Å². The van der Waals surface area contributed by atoms with Gasteiger partial charge in [0.2, 0.25) is 0 Å². The number of carboxylic acid groups (broad SMARTS) is 1. The number of rotatable bonds is 5. The number of hydrogen-bond acceptors (Lipinski definition) is 4. The Morgan fingerprint density at radius 1 is 0.900 bits per heavy atom. The summed E-state index contributed by atoms with van der Waals surface area (Å²) < 4.78 is 9.82. The van der Waals surface area contributed by atoms with Crippen molar-refractivity contribution >= 4 is 6.16 Å². The summed E-state index contributed by atoms with van der Waals surface area (Å²) in [7, 11) is 0. The van der Waals surface area contributed by atoms with E-state index in [4.69, 9.17) is 14.9 Å². The average molecular weight is 274 g/mol. The number of benzene rings is 2. The molecule has 5 heteroatoms. The summed E-state index contributed by atoms with van der Waals surface area (Å²) in [5.74, 6) is 0.970. The first-order chi connectivity index (χ1) is 9.69. The highest BCUT2D eigenvalue weighted by Crippen LogP contribution is 2.24. The molecule has 20 heavy (non-hydrogen) atoms. The Morgan fingerprint density at radius 3 is 1.85 bits per heavy atom. The zero-order valence-corrected chi connectivity index (χ0v) is 10.7. The maximum absolute atomic E-state index is 10.4. The van der Waals surface area contributed by atoms with Gasteiger partial charge in [0.05, 0.1) is 6.61 Å². The molecule has 0 aliphatic rings. The molecule has 0 bridgehead atoms. The molecule has 2 rings (SSSR count). The molecule has 0 fully saturated rings. The van der Waals surface area contributed by atoms with Gasteiger partial charge in [-0.2, -0.15) is 0 Å². The Labute approximate surface area is 116 Å². The zero-order valence-electron chi connectivity index (χ0n) is 10.7. The standard InChI is InChI=1S/C15H14O5/c16-9-10-19-13-5-1-11(2-6-13)12-3-7-14(8-4-12)20-15(17)18/h1-8,16H,9-10H2,(H,17,18). The van der Waals surface area contributed by atoms with Gasteiger partial charge in [-0.3, -0.25) is 0 Å². The summed E-state index contributed by atoms with van der Waals surface area (Å²) >= 11 is 0. The second kappa shape index (κ2) is 6.58. The van der Waals surface area contributed by atoms with Gasteiger partial charge < -0.3 is 19.7 Å². The van der Waals surface area contributed by atoms with E-state index in [9.17, 15) is 4.79 Å². The quantitative estimate of drug-likeness (QED) is 0.647. The molecule has 104 valence electrons. The molecular formula is C15H14O5. The lowest BCUT2D eigenvalue weighted by molar-refractivity contribution is 0.144. The molecule has 0 unspecified atom stereocenters. The first kappa shape index (κ1) is 13.9. The Bertz CT molecular complexity index is 560. The minimum Gasteiger partial charge on any atom is -0.491 e. The Balaban J connectivity index is 2.09. The van der Waals surface area contributed by atoms with Crippen molar-refractivity contribution in [2.75, 3.05) is 13.2 Å². The van der Waals surface area contributed by atoms with E-state index in [-0.39, 0.29) is 19.0 Å². The van der Waals surface area contributed by atoms with Gasteiger partial charge in [-0.25, -0.2) is 4.79 Å². The molecule has 0 aliphatic heterocycles. The molecule has 2 aromatic carbocycles. The minimum atomic E-state index is -1.33. The summed E-state index contributed by atoms with van der Waals surface area (Å²) in [6, 6.07) is 14.2. The van der Waals surface area contributed by atoms with Crippen molar-refractivity contribution in [3.8, 4) is 22.6 Å². The van der Waals surface area contributed by atoms with Crippen molar-refractivity contribution in [1.82, 2.24) is 0 Å². The molecule has 0 saturated carbocycles. The van der Waals surface area contributed by atoms with Crippen LogP contribution >= 0.6 is 0 Å². The van der Waals surface area contributed by atoms with E-state index in [1.165, 1.54) is 0 Å². The van der Waals surface area contributed by atoms with Crippen molar-refractivity contribution < 1.29 is 24.5 Å². The van der Waals surface area contributed by atoms with Gasteiger partial charge in [0.15, 0.2) is 0 Å². The van der Waals surface area contributed by atoms with E-state index < -0.39 is 6.16 Å². The predicted octanol–water partition coefficient (Wildman–Crippen LogP) is 2.78. The van der Waals surface area contributed by atoms with Gasteiger partial charge in [0.25, 0.3) is 0 Å². The lowest BCUT2D eigenvalue weighted by Gasteiger charge is -2.06. The summed E-state index contributed by atoms with van der Waals surface area (Å²) in [6.07, 6.45) is -1.33. The average Bonchev–Trinajstić information content (AvgIpc) is 2.46. The highest BCUT2D eigenvalue weighted by atomic mass is 16.7. The molecule has 2 N–H and O–H groups in total. The van der Waals surface area contributed by atoms with Gasteiger partial charge in [0.1, 0.15) is 18.1 Å². The van der Waals surface area contributed by atoms with Crippen LogP contribution in [0.1, 0.15) is 0 Å². The Morgan fingerprint density at radius 2 is 1.40 bits per heavy atom. The maximum Gasteiger partial charge on any atom is 0.511 e. The van der Waals surface area contributed by atoms with Crippen molar-refractivity contribution in [2.24, 2.45) is 0 Å². The van der Waals surface area contributed by atoms with Crippen molar-refractivity contribution in [3.63, 3.8) is 0 Å². The van der Waals surface area contributed by atoms with Crippen LogP contribution in [-0.4, -0.2) is 29.6 Å². The molecule has 2 aromatic rings. The first-order valence-electron chi connectivity index (χ1n) is 6.04. The van der Waals surface area contributed by atoms with E-state index in [1.54, 1.807) is 24.3 Å². The third-order valence-electron chi connectivity index (χ3n) is 2.61. The van der Waals surface area contributed by atoms with Gasteiger partial charge in [-0.15, -0.1) is 0 Å². The second-order valence-electron chi connectivity index (χ2n) is 3.99. The lowest BCUT2D eigenvalue weighted by atomic mass is 10.1. The molecule has 0 amide bonds. The lowest BCUT2D eigenvalue weighted by Crippen LogP contribution is -2.02. The van der Waals surface area contributed by atoms with Gasteiger partial charge in [0, 0.05) is 0 Å². The number of ether oxygens (including phenoxy) is 2. The van der Waals surface area contributed by atoms with Crippen molar-refractivity contribution in [3.05, 3.63) is 48.5 Å². The van der Waals surface area contributed by atoms with E-state index in [0.29, 0.717) is 5.75 Å². The third kappa shape index (κ3) is 3.73. The normalized spacial score (nSPS) is 10.1. The largest absolute Gasteiger partial charge is 0.511 e. The molecule has 0 aromatic heterocycles. The molecule has 0 atom stereocenters. The molecule has 5 nitrogen and oxygen atoms in total. The Kier molecular flexibility index (Phi) is 4.57. The van der Waals surface area contributed by atoms with E-state index >= 15 is 0 Å². The number of aliphatic hydroxyl groups excluding tert-OH is 1. The minimum absolute atomic E-state index is 0.0210. The zero-order chi connectivity index (χ0) is 14.4. The van der Waals surface area contributed by atoms with Gasteiger partial charge in [-0.05, 0) is 35.4 Å². The van der Waals surface area contributed by atoms with E-state index in [1.807, 2.05) is 24.3 Å². The SMILES string of the molecule is O=C(O)Oc1ccc(-c2ccc(OCCO)cc2)cc1. The summed E-state index contributed by atoms with van der Waals surface area (Å²) in [5.41, 5.74) is 1.92. The fourth-order valence-corrected chi connectivity index (χ4v) is 1.72. The summed E-state index contributed by atoms with van der Waals surface area (Å²) in [4.78, 5) is 10.4. The molecule has 0 spiro atoms. The molecule has 0 aliphatic carbocycles. The van der Waals surface area contributed by atoms with Crippen LogP contribution in [-0.2, 0) is 0 Å². The third-order valence-corrected chi connectivity index (χ3v) is 2.61. The van der Waals surface area contributed by atoms with Gasteiger partial charge >= 0.3 is 6.16 Å². The van der Waals surface area contributed by atoms with Crippen LogP contribution < -0.4 is 9.47 Å². The van der Waals surface area contributed by atoms with Crippen LogP contribution in [0, 0.1) is 0 Å². The predicted molar refractivity (Wildman–Crippen MR) is 73.1 cm³/mol. The van der Waals surface area contributed by atoms with Crippen molar-refractivity contribution in [1.29, 1.82) is 0 Å². The van der Waals surface area contributed by atoms with Crippen LogP contribution in [0.3, 0.4) is 0 Å². The van der Waals surface area contributed by atoms with E-state index in [2.05, 4.69) is 4.74 Å².